The monoisotopic (exact) mass is 230 g/mol. The number of aliphatic hydroxyl groups is 1. The highest BCUT2D eigenvalue weighted by Gasteiger charge is 2.56. The summed E-state index contributed by atoms with van der Waals surface area (Å²) in [5.41, 5.74) is 0.546. The lowest BCUT2D eigenvalue weighted by atomic mass is 10.1. The average Bonchev–Trinajstić information content (AvgIpc) is 2.13. The van der Waals surface area contributed by atoms with Gasteiger partial charge in [-0.15, -0.1) is 13.2 Å². The van der Waals surface area contributed by atoms with E-state index in [1.54, 1.807) is 5.70 Å². The van der Waals surface area contributed by atoms with Crippen molar-refractivity contribution in [3.63, 3.8) is 0 Å². The Hall–Kier alpha value is -0.206. The molecule has 0 aliphatic carbocycles. The van der Waals surface area contributed by atoms with Gasteiger partial charge in [0.05, 0.1) is 6.61 Å². The largest absolute Gasteiger partial charge is 0.428 e. The average molecular weight is 230 g/mol. The number of rotatable bonds is 2. The zero-order valence-electron chi connectivity index (χ0n) is 8.79. The molecule has 14 heavy (non-hydrogen) atoms. The topological polar surface area (TPSA) is 49.7 Å². The maximum absolute atomic E-state index is 10.4. The Balaban J connectivity index is 3.00. The lowest BCUT2D eigenvalue weighted by Gasteiger charge is -2.46. The summed E-state index contributed by atoms with van der Waals surface area (Å²) in [6, 6.07) is 0.367. The van der Waals surface area contributed by atoms with E-state index in [1.165, 1.54) is 6.08 Å². The van der Waals surface area contributed by atoms with Crippen molar-refractivity contribution in [2.75, 3.05) is 6.61 Å². The van der Waals surface area contributed by atoms with E-state index in [4.69, 9.17) is 4.43 Å². The summed E-state index contributed by atoms with van der Waals surface area (Å²) in [4.78, 5) is 10.4. The van der Waals surface area contributed by atoms with E-state index in [0.717, 1.165) is 0 Å². The minimum atomic E-state index is -2.64. The first kappa shape index (κ1) is 11.9. The van der Waals surface area contributed by atoms with Crippen LogP contribution in [-0.2, 0) is 4.43 Å². The second-order valence-electron chi connectivity index (χ2n) is 4.41. The van der Waals surface area contributed by atoms with Crippen LogP contribution in [0.5, 0.6) is 0 Å². The molecular formula is C9H18O3Si2. The minimum absolute atomic E-state index is 0.249. The number of hydrogen-bond acceptors (Lipinski definition) is 3. The van der Waals surface area contributed by atoms with E-state index in [0.29, 0.717) is 6.04 Å². The molecule has 80 valence electrons. The van der Waals surface area contributed by atoms with Gasteiger partial charge in [-0.25, -0.2) is 0 Å². The molecule has 0 amide bonds. The fourth-order valence-corrected chi connectivity index (χ4v) is 9.35. The van der Waals surface area contributed by atoms with Gasteiger partial charge in [0.25, 0.3) is 0 Å². The van der Waals surface area contributed by atoms with Crippen LogP contribution >= 0.6 is 0 Å². The van der Waals surface area contributed by atoms with Crippen molar-refractivity contribution in [1.29, 1.82) is 0 Å². The Morgan fingerprint density at radius 3 is 2.43 bits per heavy atom. The summed E-state index contributed by atoms with van der Waals surface area (Å²) in [5.74, 6) is 0. The van der Waals surface area contributed by atoms with Crippen molar-refractivity contribution < 1.29 is 14.3 Å². The molecule has 5 heteroatoms. The van der Waals surface area contributed by atoms with Gasteiger partial charge in [0, 0.05) is 6.04 Å². The first-order chi connectivity index (χ1) is 6.29. The normalized spacial score (nSPS) is 41.7. The van der Waals surface area contributed by atoms with Crippen LogP contribution in [0.4, 0.5) is 0 Å². The molecular weight excluding hydrogens is 212 g/mol. The number of hydrogen-bond donors (Lipinski definition) is 2. The molecule has 0 saturated carbocycles. The molecule has 0 radical (unpaired) electrons. The van der Waals surface area contributed by atoms with Crippen LogP contribution in [0.25, 0.3) is 0 Å². The van der Waals surface area contributed by atoms with Crippen LogP contribution in [0.2, 0.25) is 19.1 Å². The maximum Gasteiger partial charge on any atom is 0.232 e. The van der Waals surface area contributed by atoms with E-state index >= 15 is 0 Å². The van der Waals surface area contributed by atoms with Gasteiger partial charge in [0.1, 0.15) is 5.60 Å². The van der Waals surface area contributed by atoms with E-state index in [1.807, 2.05) is 13.1 Å². The standard InChI is InChI=1S/C9H18O3Si2/c1-5-9(10)7-12-13(3,4)14(11,6-2)8-9/h5-6,10-11H,1-2,7-8H2,3-4H3. The fourth-order valence-electron chi connectivity index (χ4n) is 1.61. The molecule has 2 N–H and O–H groups in total. The van der Waals surface area contributed by atoms with Gasteiger partial charge in [0.15, 0.2) is 0 Å². The van der Waals surface area contributed by atoms with Crippen molar-refractivity contribution in [2.45, 2.75) is 24.7 Å². The van der Waals surface area contributed by atoms with Crippen molar-refractivity contribution >= 4 is 15.7 Å². The second kappa shape index (κ2) is 3.43. The molecule has 1 saturated heterocycles. The lowest BCUT2D eigenvalue weighted by molar-refractivity contribution is 0.0412. The van der Waals surface area contributed by atoms with E-state index < -0.39 is 21.3 Å². The van der Waals surface area contributed by atoms with Crippen LogP contribution in [0.15, 0.2) is 24.9 Å². The maximum atomic E-state index is 10.4. The first-order valence-corrected chi connectivity index (χ1v) is 10.8. The lowest BCUT2D eigenvalue weighted by Crippen LogP contribution is -2.68. The van der Waals surface area contributed by atoms with Crippen LogP contribution in [-0.4, -0.2) is 37.8 Å². The molecule has 3 nitrogen and oxygen atoms in total. The van der Waals surface area contributed by atoms with Crippen LogP contribution in [0.1, 0.15) is 0 Å². The zero-order valence-corrected chi connectivity index (χ0v) is 10.8. The van der Waals surface area contributed by atoms with Gasteiger partial charge in [0.2, 0.25) is 15.7 Å². The molecule has 2 atom stereocenters. The van der Waals surface area contributed by atoms with Gasteiger partial charge < -0.3 is 14.3 Å². The molecule has 1 aliphatic rings. The Bertz CT molecular complexity index is 267. The molecule has 1 heterocycles. The molecule has 1 aliphatic heterocycles. The van der Waals surface area contributed by atoms with Crippen molar-refractivity contribution in [1.82, 2.24) is 0 Å². The van der Waals surface area contributed by atoms with E-state index in [9.17, 15) is 9.90 Å². The van der Waals surface area contributed by atoms with Gasteiger partial charge in [-0.05, 0) is 13.1 Å². The third kappa shape index (κ3) is 1.78. The zero-order chi connectivity index (χ0) is 11.0. The smallest absolute Gasteiger partial charge is 0.232 e. The Morgan fingerprint density at radius 2 is 2.00 bits per heavy atom. The van der Waals surface area contributed by atoms with E-state index in [-0.39, 0.29) is 6.61 Å². The summed E-state index contributed by atoms with van der Waals surface area (Å²) < 4.78 is 5.64. The molecule has 1 fully saturated rings. The fraction of sp³-hybridized carbons (Fsp3) is 0.556. The highest BCUT2D eigenvalue weighted by molar-refractivity contribution is 7.38. The highest BCUT2D eigenvalue weighted by atomic mass is 29.3. The molecule has 2 unspecified atom stereocenters. The Kier molecular flexibility index (Phi) is 2.90. The highest BCUT2D eigenvalue weighted by Crippen LogP contribution is 2.35. The van der Waals surface area contributed by atoms with Crippen molar-refractivity contribution in [3.05, 3.63) is 24.9 Å². The molecule has 0 aromatic carbocycles. The molecule has 0 bridgehead atoms. The summed E-state index contributed by atoms with van der Waals surface area (Å²) in [5, 5.41) is 9.99. The van der Waals surface area contributed by atoms with Gasteiger partial charge in [-0.1, -0.05) is 11.8 Å². The summed E-state index contributed by atoms with van der Waals surface area (Å²) in [6.45, 7) is 11.4. The first-order valence-electron chi connectivity index (χ1n) is 4.64. The molecule has 0 aromatic heterocycles. The van der Waals surface area contributed by atoms with Gasteiger partial charge >= 0.3 is 0 Å². The minimum Gasteiger partial charge on any atom is -0.428 e. The third-order valence-electron chi connectivity index (χ3n) is 3.02. The predicted molar refractivity (Wildman–Crippen MR) is 61.6 cm³/mol. The Labute approximate surface area is 86.8 Å². The SMILES string of the molecule is C=CC1(O)CO[Si](C)(C)[Si](O)(C=C)C1. The Morgan fingerprint density at radius 1 is 1.43 bits per heavy atom. The van der Waals surface area contributed by atoms with E-state index in [2.05, 4.69) is 13.2 Å². The molecule has 0 aromatic rings. The second-order valence-corrected chi connectivity index (χ2v) is 16.5. The van der Waals surface area contributed by atoms with Crippen molar-refractivity contribution in [3.8, 4) is 0 Å². The quantitative estimate of drug-likeness (QED) is 0.547. The summed E-state index contributed by atoms with van der Waals surface area (Å²) >= 11 is 0. The van der Waals surface area contributed by atoms with Crippen LogP contribution in [0, 0.1) is 0 Å². The molecule has 0 spiro atoms. The third-order valence-corrected chi connectivity index (χ3v) is 15.6. The summed E-state index contributed by atoms with van der Waals surface area (Å²) in [7, 11) is -4.72. The van der Waals surface area contributed by atoms with Crippen LogP contribution in [0.3, 0.4) is 0 Å². The molecule has 1 rings (SSSR count). The van der Waals surface area contributed by atoms with Gasteiger partial charge in [-0.2, -0.15) is 0 Å². The van der Waals surface area contributed by atoms with Crippen LogP contribution < -0.4 is 0 Å². The predicted octanol–water partition coefficient (Wildman–Crippen LogP) is 0.880. The summed E-state index contributed by atoms with van der Waals surface area (Å²) in [6.07, 6.45) is 1.46. The van der Waals surface area contributed by atoms with Gasteiger partial charge in [-0.3, -0.25) is 0 Å². The van der Waals surface area contributed by atoms with Crippen molar-refractivity contribution in [2.24, 2.45) is 0 Å².